The Morgan fingerprint density at radius 2 is 2.00 bits per heavy atom. The largest absolute Gasteiger partial charge is 0.481 e. The Labute approximate surface area is 98.9 Å². The van der Waals surface area contributed by atoms with E-state index >= 15 is 0 Å². The molecule has 3 nitrogen and oxygen atoms in total. The maximum absolute atomic E-state index is 13.8. The molecule has 0 heterocycles. The lowest BCUT2D eigenvalue weighted by Gasteiger charge is -2.42. The van der Waals surface area contributed by atoms with Crippen molar-refractivity contribution in [2.45, 2.75) is 32.3 Å². The van der Waals surface area contributed by atoms with Gasteiger partial charge in [-0.25, -0.2) is 4.39 Å². The van der Waals surface area contributed by atoms with Crippen molar-refractivity contribution >= 4 is 5.97 Å². The van der Waals surface area contributed by atoms with E-state index in [1.54, 1.807) is 19.9 Å². The van der Waals surface area contributed by atoms with Crippen LogP contribution in [0.4, 0.5) is 4.39 Å². The molecule has 0 radical (unpaired) electrons. The molecule has 1 aliphatic rings. The minimum atomic E-state index is -1.31. The number of carboxylic acids is 1. The summed E-state index contributed by atoms with van der Waals surface area (Å²) in [5.41, 5.74) is 0.404. The highest BCUT2D eigenvalue weighted by atomic mass is 19.1. The molecule has 0 amide bonds. The first-order chi connectivity index (χ1) is 7.83. The van der Waals surface area contributed by atoms with Crippen LogP contribution < -0.4 is 0 Å². The van der Waals surface area contributed by atoms with Gasteiger partial charge in [0.2, 0.25) is 0 Å². The van der Waals surface area contributed by atoms with E-state index < -0.39 is 23.3 Å². The van der Waals surface area contributed by atoms with Crippen LogP contribution in [0.5, 0.6) is 0 Å². The molecule has 1 saturated carbocycles. The molecule has 17 heavy (non-hydrogen) atoms. The van der Waals surface area contributed by atoms with Crippen LogP contribution in [0.25, 0.3) is 0 Å². The monoisotopic (exact) mass is 238 g/mol. The summed E-state index contributed by atoms with van der Waals surface area (Å²) in [6, 6.07) is 3.17. The predicted molar refractivity (Wildman–Crippen MR) is 60.1 cm³/mol. The second kappa shape index (κ2) is 3.81. The highest BCUT2D eigenvalue weighted by Gasteiger charge is 2.49. The second-order valence-electron chi connectivity index (χ2n) is 4.91. The van der Waals surface area contributed by atoms with Crippen molar-refractivity contribution in [2.24, 2.45) is 5.92 Å². The summed E-state index contributed by atoms with van der Waals surface area (Å²) < 4.78 is 13.8. The number of hydrogen-bond donors (Lipinski definition) is 2. The van der Waals surface area contributed by atoms with Gasteiger partial charge in [0, 0.05) is 5.56 Å². The van der Waals surface area contributed by atoms with Gasteiger partial charge in [0.15, 0.2) is 0 Å². The van der Waals surface area contributed by atoms with Gasteiger partial charge in [0.1, 0.15) is 5.82 Å². The number of benzene rings is 1. The molecule has 0 saturated heterocycles. The molecular weight excluding hydrogens is 223 g/mol. The third kappa shape index (κ3) is 1.93. The molecule has 2 rings (SSSR count). The maximum Gasteiger partial charge on any atom is 0.306 e. The summed E-state index contributed by atoms with van der Waals surface area (Å²) in [5, 5.41) is 19.0. The zero-order valence-electron chi connectivity index (χ0n) is 9.83. The number of aliphatic carboxylic acids is 1. The molecule has 0 bridgehead atoms. The second-order valence-corrected chi connectivity index (χ2v) is 4.91. The summed E-state index contributed by atoms with van der Waals surface area (Å²) in [7, 11) is 0. The van der Waals surface area contributed by atoms with Crippen molar-refractivity contribution < 1.29 is 19.4 Å². The van der Waals surface area contributed by atoms with Gasteiger partial charge in [0.05, 0.1) is 11.5 Å². The lowest BCUT2D eigenvalue weighted by Crippen LogP contribution is -2.45. The van der Waals surface area contributed by atoms with Gasteiger partial charge < -0.3 is 10.2 Å². The molecule has 1 aromatic rings. The van der Waals surface area contributed by atoms with Gasteiger partial charge in [-0.05, 0) is 43.9 Å². The quantitative estimate of drug-likeness (QED) is 0.829. The molecule has 92 valence electrons. The smallest absolute Gasteiger partial charge is 0.306 e. The van der Waals surface area contributed by atoms with Crippen molar-refractivity contribution in [1.82, 2.24) is 0 Å². The molecule has 0 unspecified atom stereocenters. The zero-order chi connectivity index (χ0) is 12.8. The van der Waals surface area contributed by atoms with Gasteiger partial charge >= 0.3 is 5.97 Å². The van der Waals surface area contributed by atoms with Crippen LogP contribution >= 0.6 is 0 Å². The third-order valence-corrected chi connectivity index (χ3v) is 3.41. The van der Waals surface area contributed by atoms with E-state index in [0.29, 0.717) is 5.56 Å². The van der Waals surface area contributed by atoms with Crippen molar-refractivity contribution in [2.75, 3.05) is 0 Å². The van der Waals surface area contributed by atoms with Crippen LogP contribution in [0.3, 0.4) is 0 Å². The van der Waals surface area contributed by atoms with Gasteiger partial charge in [-0.1, -0.05) is 6.07 Å². The maximum atomic E-state index is 13.8. The number of carbonyl (C=O) groups is 1. The average molecular weight is 238 g/mol. The summed E-state index contributed by atoms with van der Waals surface area (Å²) in [4.78, 5) is 10.7. The molecule has 0 spiro atoms. The Morgan fingerprint density at radius 3 is 2.47 bits per heavy atom. The fraction of sp³-hybridized carbons (Fsp3) is 0.462. The zero-order valence-corrected chi connectivity index (χ0v) is 9.83. The molecule has 1 aromatic carbocycles. The number of aryl methyl sites for hydroxylation is 2. The number of aliphatic hydroxyl groups is 1. The fourth-order valence-electron chi connectivity index (χ4n) is 2.64. The predicted octanol–water partition coefficient (Wildman–Crippen LogP) is 2.12. The molecule has 0 aromatic heterocycles. The Balaban J connectivity index is 2.33. The lowest BCUT2D eigenvalue weighted by atomic mass is 9.66. The standard InChI is InChI=1S/C13H15FO3/c1-7-3-8(2)11(10(14)4-7)13(17)5-9(6-13)12(15)16/h3-4,9,17H,5-6H2,1-2H3,(H,15,16). The minimum Gasteiger partial charge on any atom is -0.481 e. The normalized spacial score (nSPS) is 27.6. The van der Waals surface area contributed by atoms with Crippen LogP contribution in [-0.4, -0.2) is 16.2 Å². The van der Waals surface area contributed by atoms with E-state index in [1.807, 2.05) is 0 Å². The minimum absolute atomic E-state index is 0.0865. The molecule has 0 atom stereocenters. The summed E-state index contributed by atoms with van der Waals surface area (Å²) in [5.74, 6) is -1.95. The highest BCUT2D eigenvalue weighted by molar-refractivity contribution is 5.72. The topological polar surface area (TPSA) is 57.5 Å². The van der Waals surface area contributed by atoms with Crippen molar-refractivity contribution in [1.29, 1.82) is 0 Å². The van der Waals surface area contributed by atoms with Gasteiger partial charge in [-0.2, -0.15) is 0 Å². The first kappa shape index (κ1) is 12.0. The summed E-state index contributed by atoms with van der Waals surface area (Å²) in [6.07, 6.45) is 0.173. The first-order valence-electron chi connectivity index (χ1n) is 5.56. The van der Waals surface area contributed by atoms with Crippen LogP contribution in [0.2, 0.25) is 0 Å². The SMILES string of the molecule is Cc1cc(C)c(C2(O)CC(C(=O)O)C2)c(F)c1. The van der Waals surface area contributed by atoms with Crippen molar-refractivity contribution in [3.8, 4) is 0 Å². The Hall–Kier alpha value is -1.42. The number of carboxylic acid groups (broad SMARTS) is 1. The van der Waals surface area contributed by atoms with E-state index in [2.05, 4.69) is 0 Å². The fourth-order valence-corrected chi connectivity index (χ4v) is 2.64. The Bertz CT molecular complexity index is 453. The van der Waals surface area contributed by atoms with Gasteiger partial charge in [-0.15, -0.1) is 0 Å². The van der Waals surface area contributed by atoms with Crippen LogP contribution in [0.1, 0.15) is 29.5 Å². The van der Waals surface area contributed by atoms with Crippen molar-refractivity contribution in [3.63, 3.8) is 0 Å². The Kier molecular flexibility index (Phi) is 2.70. The number of rotatable bonds is 2. The number of halogens is 1. The molecular formula is C13H15FO3. The van der Waals surface area contributed by atoms with E-state index in [9.17, 15) is 14.3 Å². The first-order valence-corrected chi connectivity index (χ1v) is 5.56. The van der Waals surface area contributed by atoms with Crippen LogP contribution in [0, 0.1) is 25.6 Å². The van der Waals surface area contributed by atoms with E-state index in [4.69, 9.17) is 5.11 Å². The molecule has 0 aliphatic heterocycles. The number of hydrogen-bond acceptors (Lipinski definition) is 2. The molecule has 1 aliphatic carbocycles. The average Bonchev–Trinajstić information content (AvgIpc) is 2.11. The van der Waals surface area contributed by atoms with Gasteiger partial charge in [-0.3, -0.25) is 4.79 Å². The molecule has 1 fully saturated rings. The Morgan fingerprint density at radius 1 is 1.41 bits per heavy atom. The third-order valence-electron chi connectivity index (χ3n) is 3.41. The van der Waals surface area contributed by atoms with E-state index in [-0.39, 0.29) is 18.4 Å². The van der Waals surface area contributed by atoms with E-state index in [0.717, 1.165) is 5.56 Å². The van der Waals surface area contributed by atoms with Crippen LogP contribution in [0.15, 0.2) is 12.1 Å². The van der Waals surface area contributed by atoms with Crippen LogP contribution in [-0.2, 0) is 10.4 Å². The molecule has 2 N–H and O–H groups in total. The summed E-state index contributed by atoms with van der Waals surface area (Å²) >= 11 is 0. The van der Waals surface area contributed by atoms with E-state index in [1.165, 1.54) is 6.07 Å². The molecule has 4 heteroatoms. The summed E-state index contributed by atoms with van der Waals surface area (Å²) in [6.45, 7) is 3.52. The highest BCUT2D eigenvalue weighted by Crippen LogP contribution is 2.47. The van der Waals surface area contributed by atoms with Crippen molar-refractivity contribution in [3.05, 3.63) is 34.6 Å². The van der Waals surface area contributed by atoms with Gasteiger partial charge in [0.25, 0.3) is 0 Å². The lowest BCUT2D eigenvalue weighted by molar-refractivity contribution is -0.160.